The van der Waals surface area contributed by atoms with Crippen LogP contribution in [-0.2, 0) is 19.1 Å². The Bertz CT molecular complexity index is 857. The molecule has 0 atom stereocenters. The van der Waals surface area contributed by atoms with Crippen molar-refractivity contribution >= 4 is 33.8 Å². The second-order valence-corrected chi connectivity index (χ2v) is 6.83. The number of ether oxygens (including phenoxy) is 2. The number of benzene rings is 1. The number of methoxy groups -OCH3 is 2. The van der Waals surface area contributed by atoms with Crippen molar-refractivity contribution in [2.75, 3.05) is 27.3 Å². The predicted molar refractivity (Wildman–Crippen MR) is 103 cm³/mol. The van der Waals surface area contributed by atoms with Gasteiger partial charge >= 0.3 is 11.9 Å². The summed E-state index contributed by atoms with van der Waals surface area (Å²) >= 11 is 3.45. The van der Waals surface area contributed by atoms with E-state index in [2.05, 4.69) is 25.4 Å². The summed E-state index contributed by atoms with van der Waals surface area (Å²) in [6, 6.07) is 9.42. The first-order valence-corrected chi connectivity index (χ1v) is 8.95. The SMILES string of the molecule is COC(=O)CN(CC(=O)OC)C(=O)c1cc(C)n(-c2cccc(Br)c2)c1C. The number of amides is 1. The zero-order valence-corrected chi connectivity index (χ0v) is 17.2. The van der Waals surface area contributed by atoms with Crippen LogP contribution in [-0.4, -0.2) is 54.6 Å². The Kier molecular flexibility index (Phi) is 6.79. The average Bonchev–Trinajstić information content (AvgIpc) is 2.94. The van der Waals surface area contributed by atoms with E-state index in [1.807, 2.05) is 42.7 Å². The van der Waals surface area contributed by atoms with Crippen molar-refractivity contribution in [3.63, 3.8) is 0 Å². The highest BCUT2D eigenvalue weighted by Gasteiger charge is 2.26. The van der Waals surface area contributed by atoms with Gasteiger partial charge in [-0.05, 0) is 38.1 Å². The van der Waals surface area contributed by atoms with Gasteiger partial charge in [0, 0.05) is 21.5 Å². The molecule has 1 aromatic heterocycles. The molecule has 0 saturated heterocycles. The van der Waals surface area contributed by atoms with E-state index in [9.17, 15) is 14.4 Å². The van der Waals surface area contributed by atoms with Crippen molar-refractivity contribution in [3.8, 4) is 5.69 Å². The molecule has 0 fully saturated rings. The average molecular weight is 437 g/mol. The largest absolute Gasteiger partial charge is 0.468 e. The fourth-order valence-corrected chi connectivity index (χ4v) is 3.19. The smallest absolute Gasteiger partial charge is 0.325 e. The van der Waals surface area contributed by atoms with Crippen LogP contribution in [0.2, 0.25) is 0 Å². The van der Waals surface area contributed by atoms with Gasteiger partial charge in [-0.3, -0.25) is 14.4 Å². The number of rotatable bonds is 6. The summed E-state index contributed by atoms with van der Waals surface area (Å²) in [6.45, 7) is 3.02. The first-order chi connectivity index (χ1) is 12.8. The van der Waals surface area contributed by atoms with Crippen molar-refractivity contribution in [2.45, 2.75) is 13.8 Å². The Morgan fingerprint density at radius 2 is 1.63 bits per heavy atom. The van der Waals surface area contributed by atoms with E-state index in [1.165, 1.54) is 14.2 Å². The number of carbonyl (C=O) groups excluding carboxylic acids is 3. The van der Waals surface area contributed by atoms with Gasteiger partial charge in [-0.2, -0.15) is 0 Å². The van der Waals surface area contributed by atoms with Crippen LogP contribution in [0.1, 0.15) is 21.7 Å². The second kappa shape index (κ2) is 8.85. The molecular formula is C19H21BrN2O5. The molecule has 0 saturated carbocycles. The molecule has 8 heteroatoms. The van der Waals surface area contributed by atoms with Crippen molar-refractivity contribution in [2.24, 2.45) is 0 Å². The molecule has 1 aromatic carbocycles. The summed E-state index contributed by atoms with van der Waals surface area (Å²) in [6.07, 6.45) is 0. The minimum absolute atomic E-state index is 0.342. The molecule has 7 nitrogen and oxygen atoms in total. The predicted octanol–water partition coefficient (Wildman–Crippen LogP) is 2.64. The number of hydrogen-bond donors (Lipinski definition) is 0. The van der Waals surface area contributed by atoms with Crippen molar-refractivity contribution in [1.29, 1.82) is 0 Å². The van der Waals surface area contributed by atoms with Crippen LogP contribution >= 0.6 is 15.9 Å². The molecule has 0 radical (unpaired) electrons. The Labute approximate surface area is 166 Å². The molecule has 0 spiro atoms. The normalized spacial score (nSPS) is 10.4. The minimum Gasteiger partial charge on any atom is -0.468 e. The van der Waals surface area contributed by atoms with E-state index in [0.717, 1.165) is 20.8 Å². The van der Waals surface area contributed by atoms with Crippen LogP contribution in [0.15, 0.2) is 34.8 Å². The van der Waals surface area contributed by atoms with Crippen LogP contribution in [0.4, 0.5) is 0 Å². The standard InChI is InChI=1S/C19H21BrN2O5/c1-12-8-16(13(2)22(12)15-7-5-6-14(20)9-15)19(25)21(10-17(23)26-3)11-18(24)27-4/h5-9H,10-11H2,1-4H3. The Balaban J connectivity index is 2.42. The van der Waals surface area contributed by atoms with Gasteiger partial charge in [0.05, 0.1) is 19.8 Å². The maximum atomic E-state index is 13.0. The molecule has 0 unspecified atom stereocenters. The van der Waals surface area contributed by atoms with Crippen molar-refractivity contribution in [1.82, 2.24) is 9.47 Å². The lowest BCUT2D eigenvalue weighted by Gasteiger charge is -2.20. The number of halogens is 1. The van der Waals surface area contributed by atoms with Gasteiger partial charge in [0.25, 0.3) is 5.91 Å². The first-order valence-electron chi connectivity index (χ1n) is 8.16. The number of aryl methyl sites for hydroxylation is 1. The molecule has 2 aromatic rings. The maximum absolute atomic E-state index is 13.0. The molecule has 1 amide bonds. The van der Waals surface area contributed by atoms with Gasteiger partial charge in [-0.1, -0.05) is 22.0 Å². The van der Waals surface area contributed by atoms with Crippen molar-refractivity contribution in [3.05, 3.63) is 51.8 Å². The van der Waals surface area contributed by atoms with E-state index in [0.29, 0.717) is 11.3 Å². The topological polar surface area (TPSA) is 77.8 Å². The fraction of sp³-hybridized carbons (Fsp3) is 0.316. The number of carbonyl (C=O) groups is 3. The Morgan fingerprint density at radius 1 is 1.04 bits per heavy atom. The molecular weight excluding hydrogens is 416 g/mol. The highest BCUT2D eigenvalue weighted by molar-refractivity contribution is 9.10. The summed E-state index contributed by atoms with van der Waals surface area (Å²) in [5.74, 6) is -1.68. The molecule has 2 rings (SSSR count). The third-order valence-corrected chi connectivity index (χ3v) is 4.60. The zero-order valence-electron chi connectivity index (χ0n) is 15.6. The van der Waals surface area contributed by atoms with Crippen LogP contribution < -0.4 is 0 Å². The molecule has 144 valence electrons. The van der Waals surface area contributed by atoms with E-state index in [-0.39, 0.29) is 13.1 Å². The molecule has 0 aliphatic heterocycles. The van der Waals surface area contributed by atoms with E-state index in [1.54, 1.807) is 6.07 Å². The van der Waals surface area contributed by atoms with E-state index < -0.39 is 17.8 Å². The van der Waals surface area contributed by atoms with Crippen LogP contribution in [0.3, 0.4) is 0 Å². The lowest BCUT2D eigenvalue weighted by Crippen LogP contribution is -2.40. The molecule has 0 bridgehead atoms. The lowest BCUT2D eigenvalue weighted by atomic mass is 10.2. The quantitative estimate of drug-likeness (QED) is 0.650. The summed E-state index contributed by atoms with van der Waals surface area (Å²) < 4.78 is 12.1. The number of esters is 2. The third kappa shape index (κ3) is 4.77. The summed E-state index contributed by atoms with van der Waals surface area (Å²) in [4.78, 5) is 37.5. The number of aromatic nitrogens is 1. The molecule has 1 heterocycles. The zero-order chi connectivity index (χ0) is 20.1. The van der Waals surface area contributed by atoms with Gasteiger partial charge in [-0.15, -0.1) is 0 Å². The van der Waals surface area contributed by atoms with Gasteiger partial charge < -0.3 is 18.9 Å². The molecule has 0 aliphatic carbocycles. The fourth-order valence-electron chi connectivity index (χ4n) is 2.80. The Hall–Kier alpha value is -2.61. The molecule has 27 heavy (non-hydrogen) atoms. The third-order valence-electron chi connectivity index (χ3n) is 4.11. The van der Waals surface area contributed by atoms with Crippen LogP contribution in [0, 0.1) is 13.8 Å². The van der Waals surface area contributed by atoms with Gasteiger partial charge in [0.15, 0.2) is 0 Å². The van der Waals surface area contributed by atoms with Gasteiger partial charge in [-0.25, -0.2) is 0 Å². The monoisotopic (exact) mass is 436 g/mol. The number of nitrogens with zero attached hydrogens (tertiary/aromatic N) is 2. The Morgan fingerprint density at radius 3 is 2.15 bits per heavy atom. The molecule has 0 N–H and O–H groups in total. The van der Waals surface area contributed by atoms with E-state index >= 15 is 0 Å². The van der Waals surface area contributed by atoms with Crippen molar-refractivity contribution < 1.29 is 23.9 Å². The summed E-state index contributed by atoms with van der Waals surface area (Å²) in [5, 5.41) is 0. The van der Waals surface area contributed by atoms with Crippen LogP contribution in [0.25, 0.3) is 5.69 Å². The highest BCUT2D eigenvalue weighted by Crippen LogP contribution is 2.24. The lowest BCUT2D eigenvalue weighted by molar-refractivity contribution is -0.144. The summed E-state index contributed by atoms with van der Waals surface area (Å²) in [7, 11) is 2.45. The van der Waals surface area contributed by atoms with Gasteiger partial charge in [0.1, 0.15) is 13.1 Å². The number of hydrogen-bond acceptors (Lipinski definition) is 5. The highest BCUT2D eigenvalue weighted by atomic mass is 79.9. The van der Waals surface area contributed by atoms with E-state index in [4.69, 9.17) is 0 Å². The molecule has 0 aliphatic rings. The minimum atomic E-state index is -0.618. The second-order valence-electron chi connectivity index (χ2n) is 5.91. The van der Waals surface area contributed by atoms with Gasteiger partial charge in [0.2, 0.25) is 0 Å². The maximum Gasteiger partial charge on any atom is 0.325 e. The first kappa shape index (κ1) is 20.7. The summed E-state index contributed by atoms with van der Waals surface area (Å²) in [5.41, 5.74) is 2.85. The van der Waals surface area contributed by atoms with Crippen LogP contribution in [0.5, 0.6) is 0 Å².